The van der Waals surface area contributed by atoms with Crippen molar-refractivity contribution in [3.63, 3.8) is 0 Å². The van der Waals surface area contributed by atoms with Gasteiger partial charge in [-0.3, -0.25) is 0 Å². The molecule has 0 rings (SSSR count). The Balaban J connectivity index is 0. The third kappa shape index (κ3) is 41.0. The molecule has 5 nitrogen and oxygen atoms in total. The Bertz CT molecular complexity index is 177. The van der Waals surface area contributed by atoms with E-state index in [0.29, 0.717) is 0 Å². The predicted molar refractivity (Wildman–Crippen MR) is 61.3 cm³/mol. The smallest absolute Gasteiger partial charge is 0.331 e. The van der Waals surface area contributed by atoms with E-state index in [-0.39, 0.29) is 0 Å². The van der Waals surface area contributed by atoms with Gasteiger partial charge in [0.2, 0.25) is 0 Å². The van der Waals surface area contributed by atoms with Crippen molar-refractivity contribution in [2.24, 2.45) is 0 Å². The number of phosphoric acid groups is 1. The van der Waals surface area contributed by atoms with Gasteiger partial charge in [0.05, 0.1) is 27.7 Å². The molecule has 3 N–H and O–H groups in total. The first kappa shape index (κ1) is 17.5. The number of unbranched alkanes of at least 4 members (excludes halogenated alkanes) is 3. The number of quaternary nitrogens is 1. The fraction of sp³-hybridized carbons (Fsp3) is 1.00. The van der Waals surface area contributed by atoms with Crippen molar-refractivity contribution in [3.05, 3.63) is 0 Å². The summed E-state index contributed by atoms with van der Waals surface area (Å²) in [6.07, 6.45) is 5.54. The van der Waals surface area contributed by atoms with Gasteiger partial charge in [0.25, 0.3) is 0 Å². The van der Waals surface area contributed by atoms with Crippen LogP contribution in [0.15, 0.2) is 0 Å². The molecule has 0 unspecified atom stereocenters. The van der Waals surface area contributed by atoms with Crippen LogP contribution in [0.25, 0.3) is 0 Å². The molecular weight excluding hydrogens is 217 g/mol. The standard InChI is InChI=1S/C9H22N.H3O4P/c1-5-6-7-8-9-10(2,3)4;1-5(2,3)4/h5-9H2,1-4H3;(H3,1,2,3,4)/q+1;. The molecule has 0 saturated carbocycles. The molecule has 0 aromatic rings. The van der Waals surface area contributed by atoms with Crippen molar-refractivity contribution in [2.75, 3.05) is 27.7 Å². The Morgan fingerprint density at radius 2 is 1.40 bits per heavy atom. The number of hydrogen-bond donors (Lipinski definition) is 3. The molecule has 0 atom stereocenters. The van der Waals surface area contributed by atoms with Crippen LogP contribution in [-0.2, 0) is 4.57 Å². The Kier molecular flexibility index (Phi) is 9.60. The van der Waals surface area contributed by atoms with Crippen molar-refractivity contribution in [1.29, 1.82) is 0 Å². The molecule has 0 aromatic heterocycles. The first-order valence-electron chi connectivity index (χ1n) is 5.15. The lowest BCUT2D eigenvalue weighted by Crippen LogP contribution is -2.35. The topological polar surface area (TPSA) is 77.8 Å². The summed E-state index contributed by atoms with van der Waals surface area (Å²) in [4.78, 5) is 21.6. The summed E-state index contributed by atoms with van der Waals surface area (Å²) in [5.41, 5.74) is 0. The van der Waals surface area contributed by atoms with E-state index in [1.165, 1.54) is 32.2 Å². The molecule has 0 aliphatic heterocycles. The lowest BCUT2D eigenvalue weighted by Gasteiger charge is -2.23. The second-order valence-corrected chi connectivity index (χ2v) is 5.61. The second-order valence-electron chi connectivity index (χ2n) is 4.59. The third-order valence-corrected chi connectivity index (χ3v) is 1.68. The molecule has 6 heteroatoms. The van der Waals surface area contributed by atoms with Crippen LogP contribution < -0.4 is 0 Å². The molecule has 0 saturated heterocycles. The van der Waals surface area contributed by atoms with E-state index in [4.69, 9.17) is 19.2 Å². The van der Waals surface area contributed by atoms with Gasteiger partial charge in [0.1, 0.15) is 0 Å². The molecule has 0 heterocycles. The molecule has 0 aliphatic rings. The number of hydrogen-bond acceptors (Lipinski definition) is 1. The fourth-order valence-corrected chi connectivity index (χ4v) is 1.01. The van der Waals surface area contributed by atoms with Gasteiger partial charge in [0, 0.05) is 0 Å². The van der Waals surface area contributed by atoms with Crippen LogP contribution in [-0.4, -0.2) is 46.9 Å². The zero-order valence-corrected chi connectivity index (χ0v) is 11.1. The summed E-state index contributed by atoms with van der Waals surface area (Å²) < 4.78 is 10.00. The van der Waals surface area contributed by atoms with E-state index in [1.54, 1.807) is 0 Å². The van der Waals surface area contributed by atoms with Crippen molar-refractivity contribution < 1.29 is 23.7 Å². The van der Waals surface area contributed by atoms with Crippen LogP contribution in [0.1, 0.15) is 32.6 Å². The number of rotatable bonds is 5. The maximum absolute atomic E-state index is 8.88. The Labute approximate surface area is 92.6 Å². The first-order chi connectivity index (χ1) is 6.56. The number of nitrogens with zero attached hydrogens (tertiary/aromatic N) is 1. The van der Waals surface area contributed by atoms with Gasteiger partial charge in [0.15, 0.2) is 0 Å². The van der Waals surface area contributed by atoms with E-state index in [0.717, 1.165) is 4.48 Å². The second kappa shape index (κ2) is 8.25. The van der Waals surface area contributed by atoms with Crippen molar-refractivity contribution in [1.82, 2.24) is 0 Å². The molecule has 15 heavy (non-hydrogen) atoms. The highest BCUT2D eigenvalue weighted by atomic mass is 31.2. The SMILES string of the molecule is CCCCCC[N+](C)(C)C.O=P(O)(O)O. The highest BCUT2D eigenvalue weighted by Gasteiger charge is 2.04. The third-order valence-electron chi connectivity index (χ3n) is 1.68. The summed E-state index contributed by atoms with van der Waals surface area (Å²) in [6.45, 7) is 3.58. The molecule has 0 radical (unpaired) electrons. The van der Waals surface area contributed by atoms with Gasteiger partial charge in [-0.25, -0.2) is 4.57 Å². The zero-order valence-electron chi connectivity index (χ0n) is 10.2. The van der Waals surface area contributed by atoms with E-state index < -0.39 is 7.82 Å². The maximum atomic E-state index is 8.88. The molecule has 0 aliphatic carbocycles. The van der Waals surface area contributed by atoms with E-state index in [9.17, 15) is 0 Å². The van der Waals surface area contributed by atoms with E-state index in [2.05, 4.69) is 28.1 Å². The summed E-state index contributed by atoms with van der Waals surface area (Å²) in [7, 11) is 2.13. The van der Waals surface area contributed by atoms with Crippen molar-refractivity contribution in [3.8, 4) is 0 Å². The predicted octanol–water partition coefficient (Wildman–Crippen LogP) is 1.34. The van der Waals surface area contributed by atoms with Crippen molar-refractivity contribution in [2.45, 2.75) is 32.6 Å². The Hall–Kier alpha value is 0.0700. The van der Waals surface area contributed by atoms with E-state index >= 15 is 0 Å². The highest BCUT2D eigenvalue weighted by Crippen LogP contribution is 2.25. The lowest BCUT2D eigenvalue weighted by atomic mass is 10.2. The minimum Gasteiger partial charge on any atom is -0.331 e. The van der Waals surface area contributed by atoms with Crippen LogP contribution in [0.4, 0.5) is 0 Å². The molecule has 0 spiro atoms. The molecule has 0 amide bonds. The van der Waals surface area contributed by atoms with Gasteiger partial charge in [-0.15, -0.1) is 0 Å². The summed E-state index contributed by atoms with van der Waals surface area (Å²) in [5.74, 6) is 0. The minimum atomic E-state index is -4.64. The Morgan fingerprint density at radius 1 is 1.00 bits per heavy atom. The van der Waals surface area contributed by atoms with E-state index in [1.807, 2.05) is 0 Å². The Morgan fingerprint density at radius 3 is 1.67 bits per heavy atom. The molecule has 0 bridgehead atoms. The van der Waals surface area contributed by atoms with Crippen LogP contribution in [0.3, 0.4) is 0 Å². The monoisotopic (exact) mass is 242 g/mol. The largest absolute Gasteiger partial charge is 0.466 e. The van der Waals surface area contributed by atoms with Crippen LogP contribution in [0, 0.1) is 0 Å². The summed E-state index contributed by atoms with van der Waals surface area (Å²) in [5, 5.41) is 0. The molecular formula is C9H25NO4P+. The van der Waals surface area contributed by atoms with Gasteiger partial charge in [-0.2, -0.15) is 0 Å². The molecule has 94 valence electrons. The quantitative estimate of drug-likeness (QED) is 0.386. The zero-order chi connectivity index (χ0) is 12.5. The first-order valence-corrected chi connectivity index (χ1v) is 6.71. The average molecular weight is 242 g/mol. The maximum Gasteiger partial charge on any atom is 0.466 e. The normalized spacial score (nSPS) is 11.9. The fourth-order valence-electron chi connectivity index (χ4n) is 1.01. The van der Waals surface area contributed by atoms with Gasteiger partial charge in [-0.1, -0.05) is 19.8 Å². The lowest BCUT2D eigenvalue weighted by molar-refractivity contribution is -0.870. The van der Waals surface area contributed by atoms with Crippen LogP contribution in [0.5, 0.6) is 0 Å². The van der Waals surface area contributed by atoms with Crippen molar-refractivity contribution >= 4 is 7.82 Å². The van der Waals surface area contributed by atoms with Gasteiger partial charge < -0.3 is 19.2 Å². The average Bonchev–Trinajstić information content (AvgIpc) is 1.93. The molecule has 0 fully saturated rings. The minimum absolute atomic E-state index is 1.11. The summed E-state index contributed by atoms with van der Waals surface area (Å²) >= 11 is 0. The van der Waals surface area contributed by atoms with Gasteiger partial charge >= 0.3 is 7.82 Å². The summed E-state index contributed by atoms with van der Waals surface area (Å²) in [6, 6.07) is 0. The molecule has 0 aromatic carbocycles. The van der Waals surface area contributed by atoms with Gasteiger partial charge in [-0.05, 0) is 12.8 Å². The highest BCUT2D eigenvalue weighted by molar-refractivity contribution is 7.45. The van der Waals surface area contributed by atoms with Crippen LogP contribution >= 0.6 is 7.82 Å². The van der Waals surface area contributed by atoms with Crippen LogP contribution in [0.2, 0.25) is 0 Å².